The van der Waals surface area contributed by atoms with Gasteiger partial charge in [0.15, 0.2) is 18.1 Å². The van der Waals surface area contributed by atoms with E-state index in [-0.39, 0.29) is 23.9 Å². The number of nitrogens with one attached hydrogen (secondary N) is 1. The van der Waals surface area contributed by atoms with Gasteiger partial charge in [0.1, 0.15) is 12.3 Å². The molecule has 1 aliphatic heterocycles. The zero-order valence-corrected chi connectivity index (χ0v) is 20.2. The van der Waals surface area contributed by atoms with E-state index in [1.165, 1.54) is 20.3 Å². The normalized spacial score (nSPS) is 14.1. The molecule has 0 aromatic heterocycles. The second kappa shape index (κ2) is 11.9. The van der Waals surface area contributed by atoms with E-state index < -0.39 is 29.6 Å². The van der Waals surface area contributed by atoms with Crippen molar-refractivity contribution in [1.82, 2.24) is 4.90 Å². The standard InChI is InChI=1S/C24H24N2O8S/c1-4-33-22(28)14-34-19-11-15(5-10-18(19)32-3)12-20-23(29)26(24(30)35-20)13-21(27)25-16-6-8-17(31-2)9-7-16/h5-12H,4,13-14H2,1-3H3,(H,25,27)/b20-12-. The van der Waals surface area contributed by atoms with Crippen LogP contribution >= 0.6 is 11.8 Å². The number of amides is 3. The fourth-order valence-electron chi connectivity index (χ4n) is 3.04. The predicted molar refractivity (Wildman–Crippen MR) is 129 cm³/mol. The summed E-state index contributed by atoms with van der Waals surface area (Å²) in [4.78, 5) is 50.2. The van der Waals surface area contributed by atoms with Gasteiger partial charge < -0.3 is 24.3 Å². The van der Waals surface area contributed by atoms with E-state index in [1.807, 2.05) is 0 Å². The molecule has 0 aliphatic carbocycles. The third kappa shape index (κ3) is 6.76. The monoisotopic (exact) mass is 500 g/mol. The van der Waals surface area contributed by atoms with Gasteiger partial charge in [0.05, 0.1) is 25.7 Å². The molecule has 10 nitrogen and oxygen atoms in total. The number of esters is 1. The van der Waals surface area contributed by atoms with E-state index in [0.29, 0.717) is 22.7 Å². The van der Waals surface area contributed by atoms with Crippen molar-refractivity contribution in [3.63, 3.8) is 0 Å². The second-order valence-corrected chi connectivity index (χ2v) is 8.04. The maximum atomic E-state index is 12.8. The van der Waals surface area contributed by atoms with Crippen LogP contribution in [-0.4, -0.2) is 61.9 Å². The van der Waals surface area contributed by atoms with Crippen LogP contribution in [0.4, 0.5) is 10.5 Å². The summed E-state index contributed by atoms with van der Waals surface area (Å²) in [5.74, 6) is -0.351. The third-order valence-corrected chi connectivity index (χ3v) is 5.59. The van der Waals surface area contributed by atoms with Crippen LogP contribution in [0.2, 0.25) is 0 Å². The van der Waals surface area contributed by atoms with Crippen LogP contribution in [-0.2, 0) is 19.1 Å². The van der Waals surface area contributed by atoms with Gasteiger partial charge in [-0.3, -0.25) is 19.3 Å². The minimum Gasteiger partial charge on any atom is -0.497 e. The van der Waals surface area contributed by atoms with Crippen LogP contribution in [0.25, 0.3) is 6.08 Å². The molecule has 1 aliphatic rings. The average molecular weight is 501 g/mol. The van der Waals surface area contributed by atoms with Gasteiger partial charge in [0, 0.05) is 5.69 Å². The molecule has 2 aromatic rings. The lowest BCUT2D eigenvalue weighted by Crippen LogP contribution is -2.36. The Hall–Kier alpha value is -3.99. The number of hydrogen-bond donors (Lipinski definition) is 1. The number of anilines is 1. The van der Waals surface area contributed by atoms with E-state index >= 15 is 0 Å². The van der Waals surface area contributed by atoms with Crippen molar-refractivity contribution in [2.75, 3.05) is 39.3 Å². The van der Waals surface area contributed by atoms with E-state index in [0.717, 1.165) is 16.7 Å². The zero-order chi connectivity index (χ0) is 25.4. The number of methoxy groups -OCH3 is 2. The average Bonchev–Trinajstić information content (AvgIpc) is 3.10. The summed E-state index contributed by atoms with van der Waals surface area (Å²) in [5.41, 5.74) is 1.05. The number of benzene rings is 2. The molecule has 0 bridgehead atoms. The fraction of sp³-hybridized carbons (Fsp3) is 0.250. The second-order valence-electron chi connectivity index (χ2n) is 7.05. The van der Waals surface area contributed by atoms with E-state index in [4.69, 9.17) is 18.9 Å². The first-order chi connectivity index (χ1) is 16.8. The molecule has 11 heteroatoms. The highest BCUT2D eigenvalue weighted by Gasteiger charge is 2.36. The quantitative estimate of drug-likeness (QED) is 0.387. The summed E-state index contributed by atoms with van der Waals surface area (Å²) in [7, 11) is 2.98. The largest absolute Gasteiger partial charge is 0.497 e. The summed E-state index contributed by atoms with van der Waals surface area (Å²) in [6, 6.07) is 11.5. The Morgan fingerprint density at radius 1 is 1.03 bits per heavy atom. The Bertz CT molecular complexity index is 1150. The number of ether oxygens (including phenoxy) is 4. The van der Waals surface area contributed by atoms with Gasteiger partial charge in [0.2, 0.25) is 5.91 Å². The Morgan fingerprint density at radius 3 is 2.43 bits per heavy atom. The van der Waals surface area contributed by atoms with Gasteiger partial charge in [0.25, 0.3) is 11.1 Å². The van der Waals surface area contributed by atoms with E-state index in [2.05, 4.69) is 5.32 Å². The zero-order valence-electron chi connectivity index (χ0n) is 19.4. The molecular formula is C24H24N2O8S. The number of hydrogen-bond acceptors (Lipinski definition) is 9. The predicted octanol–water partition coefficient (Wildman–Crippen LogP) is 3.32. The minimum atomic E-state index is -0.588. The maximum absolute atomic E-state index is 12.8. The van der Waals surface area contributed by atoms with E-state index in [1.54, 1.807) is 49.4 Å². The molecule has 0 saturated carbocycles. The van der Waals surface area contributed by atoms with Crippen molar-refractivity contribution >= 4 is 46.5 Å². The molecule has 184 valence electrons. The molecule has 0 spiro atoms. The Balaban J connectivity index is 1.68. The van der Waals surface area contributed by atoms with E-state index in [9.17, 15) is 19.2 Å². The maximum Gasteiger partial charge on any atom is 0.344 e. The van der Waals surface area contributed by atoms with Crippen molar-refractivity contribution in [2.24, 2.45) is 0 Å². The lowest BCUT2D eigenvalue weighted by Gasteiger charge is -2.13. The highest BCUT2D eigenvalue weighted by atomic mass is 32.2. The smallest absolute Gasteiger partial charge is 0.344 e. The lowest BCUT2D eigenvalue weighted by molar-refractivity contribution is -0.145. The molecule has 2 aromatic carbocycles. The lowest BCUT2D eigenvalue weighted by atomic mass is 10.2. The van der Waals surface area contributed by atoms with Crippen molar-refractivity contribution in [2.45, 2.75) is 6.92 Å². The SMILES string of the molecule is CCOC(=O)COc1cc(/C=C2\SC(=O)N(CC(=O)Nc3ccc(OC)cc3)C2=O)ccc1OC. The molecule has 1 N–H and O–H groups in total. The van der Waals surface area contributed by atoms with Crippen molar-refractivity contribution in [3.05, 3.63) is 52.9 Å². The molecule has 0 unspecified atom stereocenters. The summed E-state index contributed by atoms with van der Waals surface area (Å²) >= 11 is 0.726. The molecule has 3 rings (SSSR count). The Labute approximate surface area is 206 Å². The van der Waals surface area contributed by atoms with Crippen LogP contribution in [0.1, 0.15) is 12.5 Å². The van der Waals surface area contributed by atoms with Crippen LogP contribution in [0.15, 0.2) is 47.4 Å². The fourth-order valence-corrected chi connectivity index (χ4v) is 3.88. The van der Waals surface area contributed by atoms with Crippen molar-refractivity contribution < 1.29 is 38.1 Å². The molecule has 35 heavy (non-hydrogen) atoms. The van der Waals surface area contributed by atoms with Crippen LogP contribution < -0.4 is 19.5 Å². The van der Waals surface area contributed by atoms with Gasteiger partial charge in [-0.05, 0) is 66.7 Å². The number of carbonyl (C=O) groups is 4. The first-order valence-corrected chi connectivity index (χ1v) is 11.3. The molecule has 1 fully saturated rings. The van der Waals surface area contributed by atoms with Crippen LogP contribution in [0, 0.1) is 0 Å². The first-order valence-electron chi connectivity index (χ1n) is 10.5. The molecular weight excluding hydrogens is 476 g/mol. The van der Waals surface area contributed by atoms with Gasteiger partial charge >= 0.3 is 5.97 Å². The van der Waals surface area contributed by atoms with Crippen LogP contribution in [0.5, 0.6) is 17.2 Å². The van der Waals surface area contributed by atoms with Crippen molar-refractivity contribution in [3.8, 4) is 17.2 Å². The number of rotatable bonds is 10. The van der Waals surface area contributed by atoms with Gasteiger partial charge in [-0.15, -0.1) is 0 Å². The topological polar surface area (TPSA) is 120 Å². The number of thioether (sulfide) groups is 1. The van der Waals surface area contributed by atoms with Gasteiger partial charge in [-0.2, -0.15) is 0 Å². The highest BCUT2D eigenvalue weighted by molar-refractivity contribution is 8.18. The summed E-state index contributed by atoms with van der Waals surface area (Å²) < 4.78 is 20.6. The Morgan fingerprint density at radius 2 is 1.77 bits per heavy atom. The van der Waals surface area contributed by atoms with Crippen LogP contribution in [0.3, 0.4) is 0 Å². The molecule has 1 saturated heterocycles. The Kier molecular flexibility index (Phi) is 8.74. The summed E-state index contributed by atoms with van der Waals surface area (Å²) in [6.07, 6.45) is 1.50. The summed E-state index contributed by atoms with van der Waals surface area (Å²) in [5, 5.41) is 2.08. The number of imide groups is 1. The molecule has 1 heterocycles. The first kappa shape index (κ1) is 25.6. The third-order valence-electron chi connectivity index (χ3n) is 4.69. The number of carbonyl (C=O) groups excluding carboxylic acids is 4. The number of nitrogens with zero attached hydrogens (tertiary/aromatic N) is 1. The summed E-state index contributed by atoms with van der Waals surface area (Å²) in [6.45, 7) is 1.18. The van der Waals surface area contributed by atoms with Crippen molar-refractivity contribution in [1.29, 1.82) is 0 Å². The highest BCUT2D eigenvalue weighted by Crippen LogP contribution is 2.34. The van der Waals surface area contributed by atoms with Gasteiger partial charge in [-0.1, -0.05) is 6.07 Å². The minimum absolute atomic E-state index is 0.147. The molecule has 3 amide bonds. The molecule has 0 radical (unpaired) electrons. The van der Waals surface area contributed by atoms with Gasteiger partial charge in [-0.25, -0.2) is 4.79 Å². The molecule has 0 atom stereocenters.